The molecular formula is C20H23ClN2O4S. The van der Waals surface area contributed by atoms with Crippen LogP contribution in [0.1, 0.15) is 42.5 Å². The zero-order valence-corrected chi connectivity index (χ0v) is 17.0. The summed E-state index contributed by atoms with van der Waals surface area (Å²) < 4.78 is 27.7. The van der Waals surface area contributed by atoms with Crippen molar-refractivity contribution in [2.45, 2.75) is 37.0 Å². The van der Waals surface area contributed by atoms with E-state index in [0.717, 1.165) is 38.8 Å². The number of benzene rings is 2. The van der Waals surface area contributed by atoms with Gasteiger partial charge in [0.15, 0.2) is 0 Å². The molecule has 150 valence electrons. The first-order chi connectivity index (χ1) is 13.4. The highest BCUT2D eigenvalue weighted by Crippen LogP contribution is 2.29. The van der Waals surface area contributed by atoms with Gasteiger partial charge in [-0.25, -0.2) is 13.2 Å². The van der Waals surface area contributed by atoms with Crippen molar-refractivity contribution >= 4 is 39.0 Å². The van der Waals surface area contributed by atoms with Gasteiger partial charge >= 0.3 is 5.97 Å². The molecule has 1 aliphatic heterocycles. The second-order valence-corrected chi connectivity index (χ2v) is 8.89. The lowest BCUT2D eigenvalue weighted by Gasteiger charge is -2.28. The van der Waals surface area contributed by atoms with Gasteiger partial charge in [-0.2, -0.15) is 0 Å². The largest absolute Gasteiger partial charge is 0.478 e. The maximum atomic E-state index is 12.6. The molecule has 0 amide bonds. The second-order valence-electron chi connectivity index (χ2n) is 6.83. The van der Waals surface area contributed by atoms with E-state index in [1.165, 1.54) is 24.6 Å². The van der Waals surface area contributed by atoms with Crippen LogP contribution in [0.3, 0.4) is 0 Å². The number of hydrogen-bond acceptors (Lipinski definition) is 4. The third kappa shape index (κ3) is 4.77. The van der Waals surface area contributed by atoms with Crippen molar-refractivity contribution in [3.8, 4) is 0 Å². The van der Waals surface area contributed by atoms with Gasteiger partial charge in [0.05, 0.1) is 16.3 Å². The molecule has 0 bridgehead atoms. The van der Waals surface area contributed by atoms with Crippen LogP contribution < -0.4 is 9.62 Å². The van der Waals surface area contributed by atoms with Crippen molar-refractivity contribution in [1.82, 2.24) is 0 Å². The van der Waals surface area contributed by atoms with E-state index in [9.17, 15) is 18.3 Å². The van der Waals surface area contributed by atoms with E-state index < -0.39 is 16.0 Å². The molecule has 0 aromatic heterocycles. The summed E-state index contributed by atoms with van der Waals surface area (Å²) in [5, 5.41) is 9.78. The van der Waals surface area contributed by atoms with Crippen LogP contribution in [0.2, 0.25) is 5.02 Å². The fourth-order valence-electron chi connectivity index (χ4n) is 3.41. The number of carboxylic acid groups (broad SMARTS) is 1. The Hall–Kier alpha value is -2.25. The van der Waals surface area contributed by atoms with Gasteiger partial charge in [-0.15, -0.1) is 0 Å². The summed E-state index contributed by atoms with van der Waals surface area (Å²) in [5.41, 5.74) is 0.892. The van der Waals surface area contributed by atoms with Gasteiger partial charge in [-0.05, 0) is 43.2 Å². The third-order valence-electron chi connectivity index (χ3n) is 4.80. The lowest BCUT2D eigenvalue weighted by atomic mass is 10.1. The number of anilines is 2. The molecule has 0 spiro atoms. The molecule has 8 heteroatoms. The summed E-state index contributed by atoms with van der Waals surface area (Å²) in [6.07, 6.45) is 5.51. The Labute approximate surface area is 170 Å². The second kappa shape index (κ2) is 8.84. The standard InChI is InChI=1S/C20H23ClN2O4S/c21-17-8-4-5-9-19(17)28(26,27)22-15-10-11-18(16(14-15)20(24)25)23-12-6-2-1-3-7-13-23/h4-5,8-11,14,22H,1-3,6-7,12-13H2,(H,24,25). The molecule has 2 aromatic rings. The first-order valence-electron chi connectivity index (χ1n) is 9.28. The van der Waals surface area contributed by atoms with Gasteiger partial charge < -0.3 is 10.0 Å². The molecule has 0 atom stereocenters. The molecule has 1 fully saturated rings. The molecule has 3 rings (SSSR count). The predicted molar refractivity (Wildman–Crippen MR) is 111 cm³/mol. The van der Waals surface area contributed by atoms with E-state index in [2.05, 4.69) is 9.62 Å². The summed E-state index contributed by atoms with van der Waals surface area (Å²) in [6.45, 7) is 1.59. The van der Waals surface area contributed by atoms with E-state index in [0.29, 0.717) is 5.69 Å². The third-order valence-corrected chi connectivity index (χ3v) is 6.68. The summed E-state index contributed by atoms with van der Waals surface area (Å²) in [7, 11) is -3.92. The van der Waals surface area contributed by atoms with Gasteiger partial charge in [-0.1, -0.05) is 43.0 Å². The number of carboxylic acids is 1. The van der Waals surface area contributed by atoms with Gasteiger partial charge in [-0.3, -0.25) is 4.72 Å². The first kappa shape index (κ1) is 20.5. The highest BCUT2D eigenvalue weighted by Gasteiger charge is 2.21. The Balaban J connectivity index is 1.90. The lowest BCUT2D eigenvalue weighted by Crippen LogP contribution is -2.28. The number of rotatable bonds is 5. The van der Waals surface area contributed by atoms with E-state index in [4.69, 9.17) is 11.6 Å². The molecule has 28 heavy (non-hydrogen) atoms. The summed E-state index contributed by atoms with van der Waals surface area (Å²) in [6, 6.07) is 10.7. The number of aromatic carboxylic acids is 1. The van der Waals surface area contributed by atoms with Crippen molar-refractivity contribution < 1.29 is 18.3 Å². The van der Waals surface area contributed by atoms with Gasteiger partial charge in [0.25, 0.3) is 10.0 Å². The van der Waals surface area contributed by atoms with Crippen molar-refractivity contribution in [3.63, 3.8) is 0 Å². The number of halogens is 1. The highest BCUT2D eigenvalue weighted by atomic mass is 35.5. The quantitative estimate of drug-likeness (QED) is 0.734. The topological polar surface area (TPSA) is 86.7 Å². The van der Waals surface area contributed by atoms with Gasteiger partial charge in [0, 0.05) is 18.8 Å². The van der Waals surface area contributed by atoms with Crippen LogP contribution in [0, 0.1) is 0 Å². The molecule has 1 aliphatic rings. The summed E-state index contributed by atoms with van der Waals surface area (Å²) in [5.74, 6) is -1.09. The van der Waals surface area contributed by atoms with Crippen molar-refractivity contribution in [1.29, 1.82) is 0 Å². The maximum absolute atomic E-state index is 12.6. The number of carbonyl (C=O) groups is 1. The average Bonchev–Trinajstić information content (AvgIpc) is 2.61. The van der Waals surface area contributed by atoms with Gasteiger partial charge in [0.1, 0.15) is 4.90 Å². The molecule has 1 heterocycles. The fraction of sp³-hybridized carbons (Fsp3) is 0.350. The molecule has 6 nitrogen and oxygen atoms in total. The van der Waals surface area contributed by atoms with E-state index in [1.807, 2.05) is 0 Å². The Bertz CT molecular complexity index is 954. The average molecular weight is 423 g/mol. The molecule has 2 aromatic carbocycles. The molecule has 0 radical (unpaired) electrons. The Morgan fingerprint density at radius 2 is 1.64 bits per heavy atom. The zero-order chi connectivity index (χ0) is 20.1. The normalized spacial score (nSPS) is 15.5. The van der Waals surface area contributed by atoms with Gasteiger partial charge in [0.2, 0.25) is 0 Å². The smallest absolute Gasteiger partial charge is 0.337 e. The zero-order valence-electron chi connectivity index (χ0n) is 15.4. The van der Waals surface area contributed by atoms with E-state index in [-0.39, 0.29) is 21.2 Å². The minimum Gasteiger partial charge on any atom is -0.478 e. The first-order valence-corrected chi connectivity index (χ1v) is 11.1. The molecule has 1 saturated heterocycles. The van der Waals surface area contributed by atoms with Crippen molar-refractivity contribution in [2.24, 2.45) is 0 Å². The van der Waals surface area contributed by atoms with Crippen LogP contribution in [0.5, 0.6) is 0 Å². The molecule has 0 saturated carbocycles. The molecule has 0 unspecified atom stereocenters. The molecule has 2 N–H and O–H groups in total. The maximum Gasteiger partial charge on any atom is 0.337 e. The van der Waals surface area contributed by atoms with Crippen molar-refractivity contribution in [3.05, 3.63) is 53.1 Å². The number of nitrogens with zero attached hydrogens (tertiary/aromatic N) is 1. The number of sulfonamides is 1. The van der Waals surface area contributed by atoms with Crippen LogP contribution in [0.4, 0.5) is 11.4 Å². The number of hydrogen-bond donors (Lipinski definition) is 2. The van der Waals surface area contributed by atoms with E-state index in [1.54, 1.807) is 24.3 Å². The lowest BCUT2D eigenvalue weighted by molar-refractivity contribution is 0.0697. The van der Waals surface area contributed by atoms with Crippen LogP contribution in [-0.2, 0) is 10.0 Å². The monoisotopic (exact) mass is 422 g/mol. The summed E-state index contributed by atoms with van der Waals surface area (Å²) in [4.78, 5) is 13.9. The van der Waals surface area contributed by atoms with Crippen molar-refractivity contribution in [2.75, 3.05) is 22.7 Å². The summed E-state index contributed by atoms with van der Waals surface area (Å²) >= 11 is 5.99. The van der Waals surface area contributed by atoms with Crippen LogP contribution in [0.25, 0.3) is 0 Å². The Kier molecular flexibility index (Phi) is 6.46. The van der Waals surface area contributed by atoms with Crippen LogP contribution in [-0.4, -0.2) is 32.6 Å². The molecule has 0 aliphatic carbocycles. The minimum atomic E-state index is -3.92. The van der Waals surface area contributed by atoms with Crippen LogP contribution in [0.15, 0.2) is 47.4 Å². The highest BCUT2D eigenvalue weighted by molar-refractivity contribution is 7.92. The Morgan fingerprint density at radius 1 is 1.00 bits per heavy atom. The minimum absolute atomic E-state index is 0.0543. The fourth-order valence-corrected chi connectivity index (χ4v) is 4.98. The molecular weight excluding hydrogens is 400 g/mol. The van der Waals surface area contributed by atoms with E-state index >= 15 is 0 Å². The predicted octanol–water partition coefficient (Wildman–Crippen LogP) is 4.61. The van der Waals surface area contributed by atoms with Crippen LogP contribution >= 0.6 is 11.6 Å². The number of nitrogens with one attached hydrogen (secondary N) is 1. The Morgan fingerprint density at radius 3 is 2.29 bits per heavy atom. The SMILES string of the molecule is O=C(O)c1cc(NS(=O)(=O)c2ccccc2Cl)ccc1N1CCCCCCC1.